The van der Waals surface area contributed by atoms with Crippen molar-refractivity contribution in [1.82, 2.24) is 60.0 Å². The highest BCUT2D eigenvalue weighted by molar-refractivity contribution is 6.31. The summed E-state index contributed by atoms with van der Waals surface area (Å²) in [7, 11) is 9.80. The second-order valence-electron chi connectivity index (χ2n) is 28.3. The number of carbonyl (C=O) groups is 12. The van der Waals surface area contributed by atoms with Crippen molar-refractivity contribution < 1.29 is 70.7 Å². The monoisotopic (exact) mass is 1370 g/mol. The van der Waals surface area contributed by atoms with Crippen LogP contribution in [0.15, 0.2) is 18.2 Å². The summed E-state index contributed by atoms with van der Waals surface area (Å²) < 4.78 is 41.4. The van der Waals surface area contributed by atoms with Gasteiger partial charge in [-0.2, -0.15) is 13.2 Å². The second-order valence-corrected chi connectivity index (χ2v) is 28.7. The van der Waals surface area contributed by atoms with E-state index in [1.165, 1.54) is 79.9 Å². The summed E-state index contributed by atoms with van der Waals surface area (Å²) in [6.45, 7) is 9.83. The van der Waals surface area contributed by atoms with E-state index in [1.54, 1.807) is 25.7 Å². The number of carbonyl (C=O) groups excluding carboxylic acids is 12. The molecule has 2 saturated carbocycles. The minimum absolute atomic E-state index is 0.0314. The van der Waals surface area contributed by atoms with Gasteiger partial charge in [0.15, 0.2) is 0 Å². The molecule has 0 bridgehead atoms. The molecule has 28 heteroatoms. The predicted molar refractivity (Wildman–Crippen MR) is 353 cm³/mol. The van der Waals surface area contributed by atoms with Gasteiger partial charge in [-0.3, -0.25) is 57.5 Å². The number of nitrogens with one attached hydrogen (secondary N) is 3. The van der Waals surface area contributed by atoms with Crippen molar-refractivity contribution in [2.75, 3.05) is 88.6 Å². The number of piperidine rings is 1. The van der Waals surface area contributed by atoms with Gasteiger partial charge in [0.2, 0.25) is 70.9 Å². The Morgan fingerprint density at radius 2 is 1.26 bits per heavy atom. The fourth-order valence-electron chi connectivity index (χ4n) is 13.9. The van der Waals surface area contributed by atoms with Crippen LogP contribution >= 0.6 is 11.6 Å². The number of alkyl halides is 3. The lowest BCUT2D eigenvalue weighted by Gasteiger charge is -2.42. The van der Waals surface area contributed by atoms with Crippen LogP contribution in [0.25, 0.3) is 0 Å². The number of benzene rings is 1. The van der Waals surface area contributed by atoms with Crippen LogP contribution in [-0.2, 0) is 70.1 Å². The molecule has 24 nitrogen and oxygen atoms in total. The van der Waals surface area contributed by atoms with E-state index in [-0.39, 0.29) is 63.3 Å². The van der Waals surface area contributed by atoms with Gasteiger partial charge >= 0.3 is 6.18 Å². The third-order valence-electron chi connectivity index (χ3n) is 20.4. The highest BCUT2D eigenvalue weighted by Crippen LogP contribution is 2.37. The van der Waals surface area contributed by atoms with E-state index in [2.05, 4.69) is 16.0 Å². The number of halogens is 4. The quantitative estimate of drug-likeness (QED) is 0.272. The maximum Gasteiger partial charge on any atom is 0.417 e. The number of hydrogen-bond acceptors (Lipinski definition) is 12. The van der Waals surface area contributed by atoms with Crippen LogP contribution < -0.4 is 16.0 Å². The fourth-order valence-corrected chi connectivity index (χ4v) is 14.2. The Morgan fingerprint density at radius 1 is 0.646 bits per heavy atom. The van der Waals surface area contributed by atoms with Crippen molar-refractivity contribution in [3.8, 4) is 0 Å². The van der Waals surface area contributed by atoms with Crippen LogP contribution in [0.5, 0.6) is 0 Å². The van der Waals surface area contributed by atoms with Gasteiger partial charge in [0, 0.05) is 69.0 Å². The lowest BCUT2D eigenvalue weighted by Crippen LogP contribution is -2.65. The molecule has 0 aromatic heterocycles. The maximum absolute atomic E-state index is 15.4. The molecule has 96 heavy (non-hydrogen) atoms. The van der Waals surface area contributed by atoms with Crippen molar-refractivity contribution in [3.05, 3.63) is 34.3 Å². The number of nitrogens with zero attached hydrogens (tertiary/aromatic N) is 9. The van der Waals surface area contributed by atoms with Gasteiger partial charge in [0.1, 0.15) is 47.8 Å². The van der Waals surface area contributed by atoms with Crippen LogP contribution in [0.3, 0.4) is 0 Å². The highest BCUT2D eigenvalue weighted by atomic mass is 35.5. The van der Waals surface area contributed by atoms with Crippen LogP contribution in [0.2, 0.25) is 5.02 Å². The average molecular weight is 1370 g/mol. The van der Waals surface area contributed by atoms with Crippen LogP contribution in [-0.4, -0.2) is 251 Å². The SMILES string of the molecule is CC[C@H](C)[C@@H]1NC(=O)[C@H](CC(C)C)N(C)C(=O)C[C@@H](C(=O)N2CCCCC2)N(C)C(=O)[C@H](C(C)C)N(C)C(=O)C2(CCCC2)NC(=O)C2CCCN2C(=O)[C@H](CCc2ccc(C(F)(F)F)c(Cl)c2)NC(=O)CN(C)C(=O)[C@H](CC2CCC2)N(C)C(=O)CN(C)C(=O)CN(C)C1=O. The minimum atomic E-state index is -4.76. The molecule has 12 amide bonds. The largest absolute Gasteiger partial charge is 0.417 e. The molecule has 3 heterocycles. The Balaban J connectivity index is 1.41. The predicted octanol–water partition coefficient (Wildman–Crippen LogP) is 4.72. The molecule has 2 aliphatic carbocycles. The molecule has 3 N–H and O–H groups in total. The van der Waals surface area contributed by atoms with Gasteiger partial charge in [-0.15, -0.1) is 0 Å². The number of rotatable bonds is 11. The molecule has 1 spiro atoms. The van der Waals surface area contributed by atoms with E-state index in [4.69, 9.17) is 11.6 Å². The Labute approximate surface area is 568 Å². The van der Waals surface area contributed by atoms with Crippen LogP contribution in [0.4, 0.5) is 13.2 Å². The smallest absolute Gasteiger partial charge is 0.343 e. The molecule has 1 unspecified atom stereocenters. The van der Waals surface area contributed by atoms with Gasteiger partial charge < -0.3 is 60.0 Å². The number of fused-ring (bicyclic) bond motifs is 1. The summed E-state index contributed by atoms with van der Waals surface area (Å²) in [5.41, 5.74) is -2.36. The van der Waals surface area contributed by atoms with Gasteiger partial charge in [-0.1, -0.05) is 97.7 Å². The number of aryl methyl sites for hydroxylation is 1. The number of amides is 12. The highest BCUT2D eigenvalue weighted by Gasteiger charge is 2.51. The van der Waals surface area contributed by atoms with Gasteiger partial charge in [-0.05, 0) is 112 Å². The molecule has 5 fully saturated rings. The molecule has 8 atom stereocenters. The molecule has 536 valence electrons. The normalized spacial score (nSPS) is 26.2. The summed E-state index contributed by atoms with van der Waals surface area (Å²) in [6, 6.07) is -5.66. The average Bonchev–Trinajstić information content (AvgIpc) is 1.37. The Hall–Kier alpha value is -7.06. The third kappa shape index (κ3) is 19.2. The van der Waals surface area contributed by atoms with Crippen molar-refractivity contribution >= 4 is 82.5 Å². The summed E-state index contributed by atoms with van der Waals surface area (Å²) in [5.74, 6) is -9.14. The summed E-state index contributed by atoms with van der Waals surface area (Å²) in [6.07, 6.45) is 1.58. The standard InChI is InChI=1S/C68H104ClF3N12O12/c1-14-43(6)57-64(94)78(9)39-55(87)76(7)40-56(88)80(11)51(36-44-22-20-23-44)62(92)77(8)38-53(85)73-48(28-26-45-25-27-46(47(69)35-45)68(70,71)72)61(91)84-33-21-24-49(84)60(90)75-67(29-16-17-30-67)66(96)82(13)58(42(4)5)65(95)81(12)52(63(93)83-31-18-15-19-32-83)37-54(86)79(10)50(34-41(2)3)59(89)74-57/h25,27,35,41-44,48-52,57-58H,14-24,26,28-34,36-40H2,1-13H3,(H,73,85)(H,74,89)(H,75,90)/t43-,48-,49?,50-,51-,52-,57-,58-/m0/s1. The topological polar surface area (TPSA) is 270 Å². The van der Waals surface area contributed by atoms with Gasteiger partial charge in [0.25, 0.3) is 0 Å². The number of hydrogen-bond donors (Lipinski definition) is 3. The van der Waals surface area contributed by atoms with E-state index in [9.17, 15) is 56.3 Å². The summed E-state index contributed by atoms with van der Waals surface area (Å²) in [5, 5.41) is 8.05. The fraction of sp³-hybridized carbons (Fsp3) is 0.735. The molecular formula is C68H104ClF3N12O12. The lowest BCUT2D eigenvalue weighted by molar-refractivity contribution is -0.156. The van der Waals surface area contributed by atoms with E-state index in [0.717, 1.165) is 52.5 Å². The van der Waals surface area contributed by atoms with E-state index >= 15 is 14.4 Å². The molecule has 3 saturated heterocycles. The van der Waals surface area contributed by atoms with Crippen LogP contribution in [0, 0.1) is 23.7 Å². The summed E-state index contributed by atoms with van der Waals surface area (Å²) in [4.78, 5) is 188. The first-order chi connectivity index (χ1) is 45.0. The van der Waals surface area contributed by atoms with E-state index < -0.39 is 173 Å². The molecule has 5 aliphatic rings. The Morgan fingerprint density at radius 3 is 1.83 bits per heavy atom. The van der Waals surface area contributed by atoms with Gasteiger partial charge in [0.05, 0.1) is 36.6 Å². The third-order valence-corrected chi connectivity index (χ3v) is 20.7. The van der Waals surface area contributed by atoms with Crippen LogP contribution in [0.1, 0.15) is 162 Å². The molecule has 1 aromatic carbocycles. The molecular weight excluding hydrogens is 1270 g/mol. The molecule has 0 radical (unpaired) electrons. The van der Waals surface area contributed by atoms with E-state index in [0.29, 0.717) is 57.2 Å². The zero-order valence-corrected chi connectivity index (χ0v) is 59.2. The summed E-state index contributed by atoms with van der Waals surface area (Å²) >= 11 is 6.12. The molecule has 3 aliphatic heterocycles. The zero-order chi connectivity index (χ0) is 71.4. The second kappa shape index (κ2) is 33.9. The number of likely N-dealkylation sites (N-methyl/N-ethyl adjacent to an activating group) is 7. The van der Waals surface area contributed by atoms with Crippen molar-refractivity contribution in [1.29, 1.82) is 0 Å². The van der Waals surface area contributed by atoms with Gasteiger partial charge in [-0.25, -0.2) is 0 Å². The first-order valence-electron chi connectivity index (χ1n) is 34.2. The molecule has 1 aromatic rings. The maximum atomic E-state index is 15.4. The first-order valence-corrected chi connectivity index (χ1v) is 34.6. The lowest BCUT2D eigenvalue weighted by atomic mass is 9.80. The van der Waals surface area contributed by atoms with Crippen molar-refractivity contribution in [2.24, 2.45) is 23.7 Å². The molecule has 6 rings (SSSR count). The van der Waals surface area contributed by atoms with Crippen molar-refractivity contribution in [3.63, 3.8) is 0 Å². The first kappa shape index (κ1) is 77.9. The minimum Gasteiger partial charge on any atom is -0.343 e. The Bertz CT molecular complexity index is 3010. The van der Waals surface area contributed by atoms with E-state index in [1.807, 2.05) is 20.8 Å². The Kier molecular flexibility index (Phi) is 27.6. The zero-order valence-electron chi connectivity index (χ0n) is 58.5. The van der Waals surface area contributed by atoms with Crippen molar-refractivity contribution in [2.45, 2.75) is 211 Å². The number of likely N-dealkylation sites (tertiary alicyclic amines) is 1.